The van der Waals surface area contributed by atoms with Crippen molar-refractivity contribution in [2.24, 2.45) is 0 Å². The molecule has 2 aliphatic rings. The molecule has 2 unspecified atom stereocenters. The molecule has 2 aliphatic heterocycles. The first-order valence-electron chi connectivity index (χ1n) is 7.21. The monoisotopic (exact) mass is 290 g/mol. The Kier molecular flexibility index (Phi) is 2.76. The lowest BCUT2D eigenvalue weighted by molar-refractivity contribution is 0.00655. The molecule has 0 aliphatic carbocycles. The Morgan fingerprint density at radius 2 is 2.05 bits per heavy atom. The third kappa shape index (κ3) is 1.84. The van der Waals surface area contributed by atoms with E-state index in [1.54, 1.807) is 6.20 Å². The van der Waals surface area contributed by atoms with E-state index in [0.29, 0.717) is 12.8 Å². The summed E-state index contributed by atoms with van der Waals surface area (Å²) in [6, 6.07) is 3.93. The molecule has 0 radical (unpaired) electrons. The standard InChI is InChI=1S/C15H18N2O2S/c18-15(9-12-2-1-3-13(10-15)20(12)19)11-4-6-17-7-5-16-14(17)8-11/h4-8,12-13,18H,1-3,9-10H2. The van der Waals surface area contributed by atoms with Crippen molar-refractivity contribution in [1.29, 1.82) is 0 Å². The van der Waals surface area contributed by atoms with Crippen LogP contribution in [0.1, 0.15) is 37.7 Å². The molecule has 0 spiro atoms. The third-order valence-corrected chi connectivity index (χ3v) is 6.89. The molecule has 0 saturated carbocycles. The summed E-state index contributed by atoms with van der Waals surface area (Å²) in [7, 11) is -0.757. The summed E-state index contributed by atoms with van der Waals surface area (Å²) in [6.45, 7) is 0. The Morgan fingerprint density at radius 3 is 2.80 bits per heavy atom. The van der Waals surface area contributed by atoms with Crippen LogP contribution in [0, 0.1) is 0 Å². The first-order valence-corrected chi connectivity index (χ1v) is 8.48. The predicted octanol–water partition coefficient (Wildman–Crippen LogP) is 1.99. The van der Waals surface area contributed by atoms with E-state index in [1.165, 1.54) is 0 Å². The number of aliphatic hydroxyl groups is 1. The molecule has 2 saturated heterocycles. The normalized spacial score (nSPS) is 37.1. The molecule has 4 nitrogen and oxygen atoms in total. The van der Waals surface area contributed by atoms with E-state index in [4.69, 9.17) is 0 Å². The van der Waals surface area contributed by atoms with E-state index < -0.39 is 16.4 Å². The van der Waals surface area contributed by atoms with Gasteiger partial charge in [-0.1, -0.05) is 6.42 Å². The van der Waals surface area contributed by atoms with Crippen LogP contribution in [0.3, 0.4) is 0 Å². The molecular weight excluding hydrogens is 272 g/mol. The Balaban J connectivity index is 1.74. The van der Waals surface area contributed by atoms with Crippen molar-refractivity contribution in [3.63, 3.8) is 0 Å². The second-order valence-electron chi connectivity index (χ2n) is 6.05. The van der Waals surface area contributed by atoms with Crippen LogP contribution in [0.2, 0.25) is 0 Å². The summed E-state index contributed by atoms with van der Waals surface area (Å²) in [6.07, 6.45) is 9.95. The molecule has 2 atom stereocenters. The van der Waals surface area contributed by atoms with E-state index in [-0.39, 0.29) is 10.5 Å². The van der Waals surface area contributed by atoms with E-state index in [1.807, 2.05) is 28.9 Å². The molecule has 4 rings (SSSR count). The molecule has 4 heterocycles. The van der Waals surface area contributed by atoms with Crippen LogP contribution in [0.15, 0.2) is 30.7 Å². The summed E-state index contributed by atoms with van der Waals surface area (Å²) < 4.78 is 14.2. The summed E-state index contributed by atoms with van der Waals surface area (Å²) >= 11 is 0. The minimum absolute atomic E-state index is 0.156. The first-order chi connectivity index (χ1) is 9.66. The minimum Gasteiger partial charge on any atom is -0.385 e. The van der Waals surface area contributed by atoms with Gasteiger partial charge in [0.05, 0.1) is 5.60 Å². The lowest BCUT2D eigenvalue weighted by Crippen LogP contribution is -2.47. The van der Waals surface area contributed by atoms with Gasteiger partial charge in [-0.2, -0.15) is 0 Å². The summed E-state index contributed by atoms with van der Waals surface area (Å²) in [4.78, 5) is 4.28. The number of aromatic nitrogens is 2. The molecular formula is C15H18N2O2S. The maximum Gasteiger partial charge on any atom is 0.137 e. The van der Waals surface area contributed by atoms with E-state index >= 15 is 0 Å². The Labute approximate surface area is 120 Å². The first kappa shape index (κ1) is 12.5. The van der Waals surface area contributed by atoms with Crippen LogP contribution in [-0.4, -0.2) is 29.2 Å². The van der Waals surface area contributed by atoms with Crippen molar-refractivity contribution in [1.82, 2.24) is 9.38 Å². The van der Waals surface area contributed by atoms with Crippen LogP contribution in [0.5, 0.6) is 0 Å². The lowest BCUT2D eigenvalue weighted by Gasteiger charge is -2.43. The fraction of sp³-hybridized carbons (Fsp3) is 0.533. The van der Waals surface area contributed by atoms with E-state index in [0.717, 1.165) is 30.5 Å². The molecule has 5 heteroatoms. The van der Waals surface area contributed by atoms with E-state index in [9.17, 15) is 9.32 Å². The summed E-state index contributed by atoms with van der Waals surface area (Å²) in [5.74, 6) is 0. The van der Waals surface area contributed by atoms with Crippen molar-refractivity contribution in [3.05, 3.63) is 36.3 Å². The average molecular weight is 290 g/mol. The second-order valence-corrected chi connectivity index (χ2v) is 8.04. The zero-order chi connectivity index (χ0) is 13.7. The number of pyridine rings is 1. The van der Waals surface area contributed by atoms with Crippen LogP contribution in [0.25, 0.3) is 5.65 Å². The highest BCUT2D eigenvalue weighted by atomic mass is 32.2. The molecule has 1 N–H and O–H groups in total. The van der Waals surface area contributed by atoms with Crippen molar-refractivity contribution in [3.8, 4) is 0 Å². The van der Waals surface area contributed by atoms with Gasteiger partial charge in [-0.15, -0.1) is 0 Å². The number of fused-ring (bicyclic) bond motifs is 3. The van der Waals surface area contributed by atoms with E-state index in [2.05, 4.69) is 4.98 Å². The Hall–Kier alpha value is -1.20. The van der Waals surface area contributed by atoms with Gasteiger partial charge in [0.15, 0.2) is 0 Å². The SMILES string of the molecule is O=S1C2CCCC1CC(O)(c1ccn3ccnc3c1)C2. The van der Waals surface area contributed by atoms with Crippen LogP contribution < -0.4 is 0 Å². The molecule has 2 fully saturated rings. The number of rotatable bonds is 1. The highest BCUT2D eigenvalue weighted by Gasteiger charge is 2.46. The molecule has 0 aromatic carbocycles. The van der Waals surface area contributed by atoms with Crippen molar-refractivity contribution in [2.75, 3.05) is 0 Å². The average Bonchev–Trinajstić information content (AvgIpc) is 2.88. The predicted molar refractivity (Wildman–Crippen MR) is 77.9 cm³/mol. The molecule has 106 valence electrons. The summed E-state index contributed by atoms with van der Waals surface area (Å²) in [5, 5.41) is 11.4. The van der Waals surface area contributed by atoms with Gasteiger partial charge in [-0.3, -0.25) is 4.21 Å². The molecule has 0 amide bonds. The molecule has 2 aromatic rings. The van der Waals surface area contributed by atoms with Gasteiger partial charge in [-0.25, -0.2) is 4.98 Å². The zero-order valence-corrected chi connectivity index (χ0v) is 12.1. The topological polar surface area (TPSA) is 54.6 Å². The molecule has 20 heavy (non-hydrogen) atoms. The maximum atomic E-state index is 12.3. The van der Waals surface area contributed by atoms with Gasteiger partial charge in [0.25, 0.3) is 0 Å². The van der Waals surface area contributed by atoms with Crippen molar-refractivity contribution in [2.45, 2.75) is 48.2 Å². The quantitative estimate of drug-likeness (QED) is 0.874. The molecule has 2 bridgehead atoms. The molecule has 2 aromatic heterocycles. The highest BCUT2D eigenvalue weighted by Crippen LogP contribution is 2.44. The van der Waals surface area contributed by atoms with Gasteiger partial charge in [0.2, 0.25) is 0 Å². The van der Waals surface area contributed by atoms with Gasteiger partial charge in [-0.05, 0) is 43.4 Å². The zero-order valence-electron chi connectivity index (χ0n) is 11.2. The largest absolute Gasteiger partial charge is 0.385 e. The van der Waals surface area contributed by atoms with Gasteiger partial charge >= 0.3 is 0 Å². The summed E-state index contributed by atoms with van der Waals surface area (Å²) in [5.41, 5.74) is 0.940. The van der Waals surface area contributed by atoms with Crippen LogP contribution in [0.4, 0.5) is 0 Å². The fourth-order valence-electron chi connectivity index (χ4n) is 3.72. The number of hydrogen-bond acceptors (Lipinski definition) is 3. The van der Waals surface area contributed by atoms with Crippen molar-refractivity contribution < 1.29 is 9.32 Å². The maximum absolute atomic E-state index is 12.3. The lowest BCUT2D eigenvalue weighted by atomic mass is 9.81. The number of hydrogen-bond donors (Lipinski definition) is 1. The number of nitrogens with zero attached hydrogens (tertiary/aromatic N) is 2. The minimum atomic E-state index is -0.836. The smallest absolute Gasteiger partial charge is 0.137 e. The second kappa shape index (κ2) is 4.40. The van der Waals surface area contributed by atoms with Gasteiger partial charge in [0, 0.05) is 39.9 Å². The van der Waals surface area contributed by atoms with Crippen LogP contribution in [-0.2, 0) is 16.4 Å². The Morgan fingerprint density at radius 1 is 1.30 bits per heavy atom. The van der Waals surface area contributed by atoms with Crippen molar-refractivity contribution >= 4 is 16.4 Å². The number of imidazole rings is 1. The third-order valence-electron chi connectivity index (χ3n) is 4.78. The van der Waals surface area contributed by atoms with Crippen LogP contribution >= 0.6 is 0 Å². The van der Waals surface area contributed by atoms with Gasteiger partial charge in [0.1, 0.15) is 5.65 Å². The van der Waals surface area contributed by atoms with Gasteiger partial charge < -0.3 is 9.51 Å². The Bertz CT molecular complexity index is 665. The fourth-order valence-corrected chi connectivity index (χ4v) is 5.94. The highest BCUT2D eigenvalue weighted by molar-refractivity contribution is 7.86.